The lowest BCUT2D eigenvalue weighted by Crippen LogP contribution is -2.12. The van der Waals surface area contributed by atoms with Gasteiger partial charge >= 0.3 is 0 Å². The number of carbonyl (C=O) groups is 2. The van der Waals surface area contributed by atoms with Crippen molar-refractivity contribution in [2.45, 2.75) is 0 Å². The molecule has 0 saturated carbocycles. The smallest absolute Gasteiger partial charge is 0.255 e. The predicted octanol–water partition coefficient (Wildman–Crippen LogP) is 7.84. The van der Waals surface area contributed by atoms with E-state index < -0.39 is 5.24 Å². The fourth-order valence-corrected chi connectivity index (χ4v) is 3.31. The second-order valence-electron chi connectivity index (χ2n) is 5.69. The van der Waals surface area contributed by atoms with Gasteiger partial charge in [0.25, 0.3) is 11.1 Å². The molecule has 0 spiro atoms. The van der Waals surface area contributed by atoms with E-state index in [1.165, 1.54) is 0 Å². The summed E-state index contributed by atoms with van der Waals surface area (Å²) in [7, 11) is 1.56. The number of methoxy groups -OCH3 is 1. The number of anilines is 1. The van der Waals surface area contributed by atoms with Crippen molar-refractivity contribution in [3.05, 3.63) is 90.8 Å². The minimum absolute atomic E-state index is 0.220. The first kappa shape index (κ1) is 24.7. The fourth-order valence-electron chi connectivity index (χ4n) is 2.20. The summed E-state index contributed by atoms with van der Waals surface area (Å²) < 4.78 is 6.53. The van der Waals surface area contributed by atoms with Gasteiger partial charge in [-0.05, 0) is 92.0 Å². The molecule has 0 aliphatic heterocycles. The topological polar surface area (TPSA) is 55.4 Å². The van der Waals surface area contributed by atoms with Crippen molar-refractivity contribution in [2.75, 3.05) is 12.4 Å². The Hall–Kier alpha value is -1.57. The monoisotopic (exact) mass is 591 g/mol. The summed E-state index contributed by atoms with van der Waals surface area (Å²) in [6, 6.07) is 17.0. The Bertz CT molecular complexity index is 1080. The number of carbonyl (C=O) groups excluding carboxylic acids is 2. The van der Waals surface area contributed by atoms with Crippen LogP contribution in [-0.4, -0.2) is 18.3 Å². The molecule has 0 saturated heterocycles. The first-order valence-corrected chi connectivity index (χ1v) is 11.0. The first-order valence-electron chi connectivity index (χ1n) is 8.27. The van der Waals surface area contributed by atoms with Crippen LogP contribution < -0.4 is 10.1 Å². The number of halogens is 5. The molecule has 0 aliphatic carbocycles. The van der Waals surface area contributed by atoms with E-state index in [0.717, 1.165) is 0 Å². The van der Waals surface area contributed by atoms with Crippen LogP contribution in [0.4, 0.5) is 5.69 Å². The van der Waals surface area contributed by atoms with E-state index in [1.807, 2.05) is 12.1 Å². The van der Waals surface area contributed by atoms with Crippen LogP contribution in [0.25, 0.3) is 0 Å². The zero-order chi connectivity index (χ0) is 22.3. The van der Waals surface area contributed by atoms with Crippen molar-refractivity contribution in [1.29, 1.82) is 0 Å². The number of para-hydroxylation sites is 2. The van der Waals surface area contributed by atoms with Crippen LogP contribution in [0.1, 0.15) is 20.7 Å². The third-order valence-corrected chi connectivity index (χ3v) is 6.33. The van der Waals surface area contributed by atoms with Crippen LogP contribution in [0.5, 0.6) is 5.75 Å². The van der Waals surface area contributed by atoms with Crippen molar-refractivity contribution in [1.82, 2.24) is 0 Å². The summed E-state index contributed by atoms with van der Waals surface area (Å²) >= 11 is 23.3. The van der Waals surface area contributed by atoms with Gasteiger partial charge in [0.15, 0.2) is 0 Å². The molecule has 1 amide bonds. The maximum atomic E-state index is 12.1. The Labute approximate surface area is 205 Å². The van der Waals surface area contributed by atoms with Crippen molar-refractivity contribution in [3.8, 4) is 5.75 Å². The number of benzene rings is 3. The Morgan fingerprint density at radius 3 is 1.93 bits per heavy atom. The van der Waals surface area contributed by atoms with Crippen LogP contribution in [0.15, 0.2) is 69.6 Å². The average molecular weight is 595 g/mol. The third kappa shape index (κ3) is 7.00. The van der Waals surface area contributed by atoms with Crippen molar-refractivity contribution >= 4 is 83.5 Å². The van der Waals surface area contributed by atoms with E-state index in [2.05, 4.69) is 37.2 Å². The molecular weight excluding hydrogens is 580 g/mol. The van der Waals surface area contributed by atoms with Crippen molar-refractivity contribution in [2.24, 2.45) is 0 Å². The van der Waals surface area contributed by atoms with Crippen LogP contribution in [0.2, 0.25) is 10.0 Å². The molecule has 0 aromatic heterocycles. The highest BCUT2D eigenvalue weighted by Crippen LogP contribution is 2.26. The molecule has 3 rings (SSSR count). The summed E-state index contributed by atoms with van der Waals surface area (Å²) in [5.41, 5.74) is 1.58. The molecule has 3 aromatic rings. The highest BCUT2D eigenvalue weighted by Gasteiger charge is 2.10. The molecule has 1 N–H and O–H groups in total. The molecule has 0 heterocycles. The molecule has 0 atom stereocenters. The van der Waals surface area contributed by atoms with Crippen LogP contribution in [0.3, 0.4) is 0 Å². The number of ether oxygens (including phenoxy) is 1. The van der Waals surface area contributed by atoms with Crippen molar-refractivity contribution < 1.29 is 14.3 Å². The molecule has 3 aromatic carbocycles. The summed E-state index contributed by atoms with van der Waals surface area (Å²) in [5.74, 6) is 0.394. The van der Waals surface area contributed by atoms with Gasteiger partial charge in [-0.1, -0.05) is 35.3 Å². The van der Waals surface area contributed by atoms with Crippen molar-refractivity contribution in [3.63, 3.8) is 0 Å². The molecule has 0 radical (unpaired) electrons. The van der Waals surface area contributed by atoms with Gasteiger partial charge in [-0.25, -0.2) is 0 Å². The quantitative estimate of drug-likeness (QED) is 0.313. The number of hydrogen-bond donors (Lipinski definition) is 1. The van der Waals surface area contributed by atoms with Gasteiger partial charge in [-0.2, -0.15) is 0 Å². The van der Waals surface area contributed by atoms with E-state index in [1.54, 1.807) is 55.6 Å². The van der Waals surface area contributed by atoms with E-state index in [-0.39, 0.29) is 5.91 Å². The van der Waals surface area contributed by atoms with E-state index in [4.69, 9.17) is 39.5 Å². The lowest BCUT2D eigenvalue weighted by molar-refractivity contribution is 0.102. The SMILES string of the molecule is COc1ccccc1NC(=O)c1ccc(Cl)c(Br)c1.O=C(Cl)c1ccc(Cl)c(Br)c1. The summed E-state index contributed by atoms with van der Waals surface area (Å²) in [6.45, 7) is 0. The normalized spacial score (nSPS) is 9.93. The van der Waals surface area contributed by atoms with Gasteiger partial charge in [0.2, 0.25) is 0 Å². The zero-order valence-electron chi connectivity index (χ0n) is 15.4. The number of hydrogen-bond acceptors (Lipinski definition) is 3. The minimum Gasteiger partial charge on any atom is -0.495 e. The standard InChI is InChI=1S/C14H11BrClNO2.C7H3BrCl2O/c1-19-13-5-3-2-4-12(13)17-14(18)9-6-7-11(16)10(15)8-9;8-5-3-4(7(10)11)1-2-6(5)9/h2-8H,1H3,(H,17,18);1-3H. The molecule has 0 fully saturated rings. The highest BCUT2D eigenvalue weighted by atomic mass is 79.9. The maximum Gasteiger partial charge on any atom is 0.255 e. The fraction of sp³-hybridized carbons (Fsp3) is 0.0476. The van der Waals surface area contributed by atoms with E-state index in [9.17, 15) is 9.59 Å². The third-order valence-electron chi connectivity index (χ3n) is 3.68. The van der Waals surface area contributed by atoms with Gasteiger partial charge < -0.3 is 10.1 Å². The molecule has 156 valence electrons. The van der Waals surface area contributed by atoms with Gasteiger partial charge in [-0.3, -0.25) is 9.59 Å². The Kier molecular flexibility index (Phi) is 9.65. The predicted molar refractivity (Wildman–Crippen MR) is 129 cm³/mol. The minimum atomic E-state index is -0.484. The molecule has 4 nitrogen and oxygen atoms in total. The van der Waals surface area contributed by atoms with Gasteiger partial charge in [0.05, 0.1) is 22.8 Å². The molecular formula is C21H14Br2Cl3NO3. The second-order valence-corrected chi connectivity index (χ2v) is 8.55. The number of amides is 1. The molecule has 9 heteroatoms. The Balaban J connectivity index is 0.000000248. The Morgan fingerprint density at radius 1 is 0.867 bits per heavy atom. The van der Waals surface area contributed by atoms with E-state index in [0.29, 0.717) is 41.6 Å². The summed E-state index contributed by atoms with van der Waals surface area (Å²) in [4.78, 5) is 22.7. The van der Waals surface area contributed by atoms with E-state index >= 15 is 0 Å². The molecule has 0 aliphatic rings. The van der Waals surface area contributed by atoms with Gasteiger partial charge in [0, 0.05) is 20.1 Å². The first-order chi connectivity index (χ1) is 14.2. The van der Waals surface area contributed by atoms with Gasteiger partial charge in [0.1, 0.15) is 5.75 Å². The summed E-state index contributed by atoms with van der Waals surface area (Å²) in [6.07, 6.45) is 0. The molecule has 0 bridgehead atoms. The lowest BCUT2D eigenvalue weighted by atomic mass is 10.2. The highest BCUT2D eigenvalue weighted by molar-refractivity contribution is 9.10. The van der Waals surface area contributed by atoms with Crippen LogP contribution in [0, 0.1) is 0 Å². The Morgan fingerprint density at radius 2 is 1.40 bits per heavy atom. The number of rotatable bonds is 4. The largest absolute Gasteiger partial charge is 0.495 e. The lowest BCUT2D eigenvalue weighted by Gasteiger charge is -2.10. The molecule has 30 heavy (non-hydrogen) atoms. The van der Waals surface area contributed by atoms with Gasteiger partial charge in [-0.15, -0.1) is 0 Å². The number of nitrogens with one attached hydrogen (secondary N) is 1. The van der Waals surface area contributed by atoms with Crippen LogP contribution >= 0.6 is 66.7 Å². The zero-order valence-corrected chi connectivity index (χ0v) is 20.8. The maximum absolute atomic E-state index is 12.1. The van der Waals surface area contributed by atoms with Crippen LogP contribution in [-0.2, 0) is 0 Å². The average Bonchev–Trinajstić information content (AvgIpc) is 2.72. The molecule has 0 unspecified atom stereocenters. The summed E-state index contributed by atoms with van der Waals surface area (Å²) in [5, 5.41) is 3.44. The second kappa shape index (κ2) is 11.7.